The lowest BCUT2D eigenvalue weighted by Crippen LogP contribution is -2.27. The average molecular weight is 233 g/mol. The van der Waals surface area contributed by atoms with Gasteiger partial charge < -0.3 is 10.8 Å². The first kappa shape index (κ1) is 11.7. The first-order valence-electron chi connectivity index (χ1n) is 3.97. The number of aliphatic hydroxyl groups excluding tert-OH is 1. The van der Waals surface area contributed by atoms with Crippen LogP contribution in [0.5, 0.6) is 0 Å². The van der Waals surface area contributed by atoms with Gasteiger partial charge in [-0.1, -0.05) is 11.6 Å². The molecule has 82 valence electrons. The van der Waals surface area contributed by atoms with E-state index in [2.05, 4.69) is 4.98 Å². The Balaban J connectivity index is 3.01. The van der Waals surface area contributed by atoms with Crippen molar-refractivity contribution in [3.8, 4) is 0 Å². The van der Waals surface area contributed by atoms with Crippen LogP contribution in [0.15, 0.2) is 24.2 Å². The molecule has 15 heavy (non-hydrogen) atoms. The Morgan fingerprint density at radius 3 is 3.00 bits per heavy atom. The Hall–Kier alpha value is -1.37. The fourth-order valence-electron chi connectivity index (χ4n) is 0.897. The van der Waals surface area contributed by atoms with E-state index in [0.29, 0.717) is 0 Å². The molecule has 0 aromatic carbocycles. The molecule has 0 aliphatic rings. The van der Waals surface area contributed by atoms with Crippen LogP contribution < -0.4 is 16.6 Å². The third-order valence-electron chi connectivity index (χ3n) is 1.59. The van der Waals surface area contributed by atoms with E-state index in [-0.39, 0.29) is 23.1 Å². The van der Waals surface area contributed by atoms with Gasteiger partial charge in [-0.15, -0.1) is 0 Å². The summed E-state index contributed by atoms with van der Waals surface area (Å²) >= 11 is 5.46. The molecular weight excluding hydrogens is 223 g/mol. The van der Waals surface area contributed by atoms with Crippen molar-refractivity contribution in [2.45, 2.75) is 0 Å². The number of hydrazine groups is 1. The second-order valence-electron chi connectivity index (χ2n) is 2.70. The lowest BCUT2D eigenvalue weighted by Gasteiger charge is -2.15. The van der Waals surface area contributed by atoms with Crippen LogP contribution in [0.3, 0.4) is 0 Å². The smallest absolute Gasteiger partial charge is 0.185 e. The summed E-state index contributed by atoms with van der Waals surface area (Å²) in [5, 5.41) is 9.29. The second-order valence-corrected chi connectivity index (χ2v) is 3.06. The van der Waals surface area contributed by atoms with E-state index in [1.54, 1.807) is 0 Å². The SMILES string of the molecule is N/C(=C\N(N)c1ccnc(Cl)c1F)CO. The minimum atomic E-state index is -0.747. The molecule has 0 aliphatic heterocycles. The van der Waals surface area contributed by atoms with Gasteiger partial charge in [0.25, 0.3) is 0 Å². The number of anilines is 1. The van der Waals surface area contributed by atoms with Gasteiger partial charge in [0.1, 0.15) is 0 Å². The Labute approximate surface area is 90.7 Å². The first-order chi connectivity index (χ1) is 7.06. The minimum absolute atomic E-state index is 0.0198. The van der Waals surface area contributed by atoms with E-state index in [9.17, 15) is 4.39 Å². The molecule has 1 rings (SSSR count). The average Bonchev–Trinajstić information content (AvgIpc) is 2.21. The van der Waals surface area contributed by atoms with Crippen LogP contribution in [0.2, 0.25) is 5.15 Å². The van der Waals surface area contributed by atoms with Gasteiger partial charge in [0, 0.05) is 12.4 Å². The summed E-state index contributed by atoms with van der Waals surface area (Å²) in [6, 6.07) is 1.34. The zero-order chi connectivity index (χ0) is 11.4. The van der Waals surface area contributed by atoms with Gasteiger partial charge in [-0.25, -0.2) is 15.2 Å². The van der Waals surface area contributed by atoms with Gasteiger partial charge in [-0.2, -0.15) is 0 Å². The number of aromatic nitrogens is 1. The highest BCUT2D eigenvalue weighted by Gasteiger charge is 2.10. The normalized spacial score (nSPS) is 11.6. The number of aliphatic hydroxyl groups is 1. The molecule has 0 aliphatic carbocycles. The number of pyridine rings is 1. The molecule has 0 saturated carbocycles. The van der Waals surface area contributed by atoms with Crippen molar-refractivity contribution in [1.82, 2.24) is 4.98 Å². The van der Waals surface area contributed by atoms with E-state index in [1.807, 2.05) is 0 Å². The summed E-state index contributed by atoms with van der Waals surface area (Å²) < 4.78 is 13.4. The molecule has 0 bridgehead atoms. The molecule has 5 N–H and O–H groups in total. The number of hydrogen-bond donors (Lipinski definition) is 3. The Bertz CT molecular complexity index is 385. The molecule has 0 atom stereocenters. The minimum Gasteiger partial charge on any atom is -0.399 e. The molecule has 0 amide bonds. The Morgan fingerprint density at radius 2 is 2.40 bits per heavy atom. The lowest BCUT2D eigenvalue weighted by molar-refractivity contribution is 0.329. The molecule has 0 radical (unpaired) electrons. The second kappa shape index (κ2) is 4.92. The maximum Gasteiger partial charge on any atom is 0.185 e. The highest BCUT2D eigenvalue weighted by molar-refractivity contribution is 6.29. The zero-order valence-electron chi connectivity index (χ0n) is 7.69. The van der Waals surface area contributed by atoms with Crippen molar-refractivity contribution >= 4 is 17.3 Å². The molecule has 0 unspecified atom stereocenters. The van der Waals surface area contributed by atoms with Gasteiger partial charge >= 0.3 is 0 Å². The van der Waals surface area contributed by atoms with Gasteiger partial charge in [0.15, 0.2) is 11.0 Å². The molecule has 0 saturated heterocycles. The Kier molecular flexibility index (Phi) is 3.84. The molecule has 5 nitrogen and oxygen atoms in total. The van der Waals surface area contributed by atoms with E-state index in [0.717, 1.165) is 5.01 Å². The Morgan fingerprint density at radius 1 is 1.73 bits per heavy atom. The molecule has 1 aromatic heterocycles. The van der Waals surface area contributed by atoms with E-state index in [1.165, 1.54) is 18.5 Å². The van der Waals surface area contributed by atoms with Crippen molar-refractivity contribution in [3.05, 3.63) is 35.1 Å². The monoisotopic (exact) mass is 232 g/mol. The molecular formula is C8H10ClFN4O. The topological polar surface area (TPSA) is 88.4 Å². The zero-order valence-corrected chi connectivity index (χ0v) is 8.45. The number of nitrogens with zero attached hydrogens (tertiary/aromatic N) is 2. The number of nitrogens with two attached hydrogens (primary N) is 2. The van der Waals surface area contributed by atoms with Crippen LogP contribution in [-0.4, -0.2) is 16.7 Å². The molecule has 1 heterocycles. The van der Waals surface area contributed by atoms with Gasteiger partial charge in [-0.3, -0.25) is 5.01 Å². The summed E-state index contributed by atoms with van der Waals surface area (Å²) in [4.78, 5) is 3.53. The number of halogens is 2. The standard InChI is InChI=1S/C8H10ClFN4O/c9-8-7(10)6(1-2-13-8)14(12)3-5(11)4-15/h1-3,15H,4,11-12H2/b5-3-. The summed E-state index contributed by atoms with van der Waals surface area (Å²) in [6.45, 7) is -0.367. The summed E-state index contributed by atoms with van der Waals surface area (Å²) in [6.07, 6.45) is 2.50. The van der Waals surface area contributed by atoms with E-state index >= 15 is 0 Å². The number of rotatable bonds is 3. The third-order valence-corrected chi connectivity index (χ3v) is 1.86. The summed E-state index contributed by atoms with van der Waals surface area (Å²) in [5.74, 6) is 4.73. The highest BCUT2D eigenvalue weighted by Crippen LogP contribution is 2.21. The maximum atomic E-state index is 13.4. The summed E-state index contributed by atoms with van der Waals surface area (Å²) in [7, 11) is 0. The van der Waals surface area contributed by atoms with E-state index < -0.39 is 5.82 Å². The molecule has 0 spiro atoms. The van der Waals surface area contributed by atoms with Crippen LogP contribution >= 0.6 is 11.6 Å². The molecule has 7 heteroatoms. The number of hydrogen-bond acceptors (Lipinski definition) is 5. The first-order valence-corrected chi connectivity index (χ1v) is 4.35. The maximum absolute atomic E-state index is 13.4. The van der Waals surface area contributed by atoms with Crippen molar-refractivity contribution in [2.24, 2.45) is 11.6 Å². The van der Waals surface area contributed by atoms with Crippen LogP contribution in [-0.2, 0) is 0 Å². The van der Waals surface area contributed by atoms with Crippen LogP contribution in [0.4, 0.5) is 10.1 Å². The quantitative estimate of drug-likeness (QED) is 0.398. The van der Waals surface area contributed by atoms with Gasteiger partial charge in [-0.05, 0) is 6.07 Å². The van der Waals surface area contributed by atoms with Crippen LogP contribution in [0.1, 0.15) is 0 Å². The molecule has 0 fully saturated rings. The van der Waals surface area contributed by atoms with Gasteiger partial charge in [0.2, 0.25) is 0 Å². The molecule has 1 aromatic rings. The largest absolute Gasteiger partial charge is 0.399 e. The highest BCUT2D eigenvalue weighted by atomic mass is 35.5. The fourth-order valence-corrected chi connectivity index (χ4v) is 1.05. The van der Waals surface area contributed by atoms with Crippen LogP contribution in [0, 0.1) is 5.82 Å². The lowest BCUT2D eigenvalue weighted by atomic mass is 10.4. The van der Waals surface area contributed by atoms with E-state index in [4.69, 9.17) is 28.3 Å². The predicted octanol–water partition coefficient (Wildman–Crippen LogP) is 0.347. The van der Waals surface area contributed by atoms with Gasteiger partial charge in [0.05, 0.1) is 18.0 Å². The van der Waals surface area contributed by atoms with Crippen molar-refractivity contribution in [2.75, 3.05) is 11.6 Å². The van der Waals surface area contributed by atoms with Crippen LogP contribution in [0.25, 0.3) is 0 Å². The van der Waals surface area contributed by atoms with Crippen molar-refractivity contribution in [1.29, 1.82) is 0 Å². The van der Waals surface area contributed by atoms with Crippen molar-refractivity contribution in [3.63, 3.8) is 0 Å². The third kappa shape index (κ3) is 2.79. The predicted molar refractivity (Wildman–Crippen MR) is 55.2 cm³/mol. The van der Waals surface area contributed by atoms with Crippen molar-refractivity contribution < 1.29 is 9.50 Å². The fraction of sp³-hybridized carbons (Fsp3) is 0.125. The summed E-state index contributed by atoms with van der Waals surface area (Å²) in [5.41, 5.74) is 5.44.